The smallest absolute Gasteiger partial charge is 0.278 e. The van der Waals surface area contributed by atoms with Gasteiger partial charge in [-0.15, -0.1) is 0 Å². The van der Waals surface area contributed by atoms with E-state index in [9.17, 15) is 4.79 Å². The summed E-state index contributed by atoms with van der Waals surface area (Å²) in [6.45, 7) is 2.60. The fourth-order valence-electron chi connectivity index (χ4n) is 3.48. The van der Waals surface area contributed by atoms with E-state index in [0.717, 1.165) is 40.7 Å². The van der Waals surface area contributed by atoms with Crippen molar-refractivity contribution >= 4 is 17.5 Å². The highest BCUT2D eigenvalue weighted by atomic mass is 35.5. The zero-order valence-corrected chi connectivity index (χ0v) is 16.8. The van der Waals surface area contributed by atoms with Crippen LogP contribution in [0.5, 0.6) is 11.5 Å². The van der Waals surface area contributed by atoms with Gasteiger partial charge in [-0.3, -0.25) is 4.79 Å². The first kappa shape index (κ1) is 19.5. The third kappa shape index (κ3) is 4.73. The predicted octanol–water partition coefficient (Wildman–Crippen LogP) is 1.96. The Kier molecular flexibility index (Phi) is 6.24. The van der Waals surface area contributed by atoms with E-state index >= 15 is 0 Å². The number of nitrogens with one attached hydrogen (secondary N) is 1. The van der Waals surface area contributed by atoms with Crippen LogP contribution in [0.2, 0.25) is 5.02 Å². The number of carbonyl (C=O) groups excluding carboxylic acids is 1. The maximum atomic E-state index is 12.8. The average Bonchev–Trinajstić information content (AvgIpc) is 2.68. The van der Waals surface area contributed by atoms with Crippen molar-refractivity contribution in [2.75, 3.05) is 34.4 Å². The minimum atomic E-state index is 0.168. The minimum Gasteiger partial charge on any atom is -0.493 e. The van der Waals surface area contributed by atoms with Crippen molar-refractivity contribution in [3.63, 3.8) is 0 Å². The van der Waals surface area contributed by atoms with Gasteiger partial charge in [-0.05, 0) is 41.8 Å². The Morgan fingerprint density at radius 1 is 1.11 bits per heavy atom. The van der Waals surface area contributed by atoms with Gasteiger partial charge in [0.25, 0.3) is 5.91 Å². The lowest BCUT2D eigenvalue weighted by Crippen LogP contribution is -3.08. The predicted molar refractivity (Wildman–Crippen MR) is 106 cm³/mol. The van der Waals surface area contributed by atoms with Crippen molar-refractivity contribution in [2.24, 2.45) is 0 Å². The van der Waals surface area contributed by atoms with Crippen molar-refractivity contribution in [1.82, 2.24) is 4.90 Å². The van der Waals surface area contributed by atoms with E-state index in [1.165, 1.54) is 11.1 Å². The van der Waals surface area contributed by atoms with E-state index in [1.807, 2.05) is 48.3 Å². The van der Waals surface area contributed by atoms with Crippen LogP contribution in [0.4, 0.5) is 0 Å². The standard InChI is InChI=1S/C21H25ClN2O3/c1-23(12-15-4-6-18(22)7-5-15)14-21(25)24-9-8-16-10-19(26-2)20(27-3)11-17(16)13-24/h4-7,10-11H,8-9,12-14H2,1-3H3/p+1. The van der Waals surface area contributed by atoms with Crippen LogP contribution >= 0.6 is 11.6 Å². The molecular formula is C21H26ClN2O3+. The van der Waals surface area contributed by atoms with E-state index in [2.05, 4.69) is 0 Å². The van der Waals surface area contributed by atoms with Gasteiger partial charge in [0, 0.05) is 23.7 Å². The van der Waals surface area contributed by atoms with Crippen molar-refractivity contribution in [2.45, 2.75) is 19.5 Å². The molecule has 2 aromatic rings. The molecule has 1 N–H and O–H groups in total. The normalized spacial score (nSPS) is 14.4. The molecule has 5 nitrogen and oxygen atoms in total. The molecule has 6 heteroatoms. The fraction of sp³-hybridized carbons (Fsp3) is 0.381. The molecule has 1 aliphatic rings. The Hall–Kier alpha value is -2.24. The molecule has 144 valence electrons. The minimum absolute atomic E-state index is 0.168. The molecule has 0 spiro atoms. The highest BCUT2D eigenvalue weighted by molar-refractivity contribution is 6.30. The number of amides is 1. The molecule has 0 saturated heterocycles. The second kappa shape index (κ2) is 8.63. The quantitative estimate of drug-likeness (QED) is 0.821. The molecule has 1 atom stereocenters. The van der Waals surface area contributed by atoms with Crippen LogP contribution in [0.15, 0.2) is 36.4 Å². The number of rotatable bonds is 6. The number of quaternary nitrogens is 1. The molecule has 0 saturated carbocycles. The Morgan fingerprint density at radius 2 is 1.74 bits per heavy atom. The number of halogens is 1. The second-order valence-electron chi connectivity index (χ2n) is 6.98. The van der Waals surface area contributed by atoms with Gasteiger partial charge in [0.05, 0.1) is 21.3 Å². The third-order valence-electron chi connectivity index (χ3n) is 4.94. The van der Waals surface area contributed by atoms with Crippen LogP contribution in [0, 0.1) is 0 Å². The van der Waals surface area contributed by atoms with E-state index < -0.39 is 0 Å². The molecule has 1 amide bonds. The summed E-state index contributed by atoms with van der Waals surface area (Å²) < 4.78 is 10.8. The topological polar surface area (TPSA) is 43.2 Å². The SMILES string of the molecule is COc1cc2c(cc1OC)CN(C(=O)C[NH+](C)Cc1ccc(Cl)cc1)CC2. The summed E-state index contributed by atoms with van der Waals surface area (Å²) >= 11 is 5.93. The third-order valence-corrected chi connectivity index (χ3v) is 5.19. The molecule has 0 radical (unpaired) electrons. The summed E-state index contributed by atoms with van der Waals surface area (Å²) in [5.74, 6) is 1.61. The van der Waals surface area contributed by atoms with Crippen molar-refractivity contribution in [3.05, 3.63) is 58.1 Å². The number of benzene rings is 2. The van der Waals surface area contributed by atoms with Gasteiger partial charge in [-0.2, -0.15) is 0 Å². The Morgan fingerprint density at radius 3 is 2.37 bits per heavy atom. The first-order valence-corrected chi connectivity index (χ1v) is 9.45. The van der Waals surface area contributed by atoms with Gasteiger partial charge in [0.2, 0.25) is 0 Å². The number of hydrogen-bond donors (Lipinski definition) is 1. The zero-order valence-electron chi connectivity index (χ0n) is 16.0. The maximum absolute atomic E-state index is 12.8. The largest absolute Gasteiger partial charge is 0.493 e. The van der Waals surface area contributed by atoms with Gasteiger partial charge >= 0.3 is 0 Å². The molecule has 27 heavy (non-hydrogen) atoms. The molecule has 0 bridgehead atoms. The number of methoxy groups -OCH3 is 2. The van der Waals surface area contributed by atoms with Crippen LogP contribution in [0.25, 0.3) is 0 Å². The van der Waals surface area contributed by atoms with Gasteiger partial charge in [-0.1, -0.05) is 23.7 Å². The van der Waals surface area contributed by atoms with Crippen LogP contribution < -0.4 is 14.4 Å². The first-order chi connectivity index (χ1) is 13.0. The molecule has 0 aromatic heterocycles. The van der Waals surface area contributed by atoms with Crippen molar-refractivity contribution < 1.29 is 19.2 Å². The first-order valence-electron chi connectivity index (χ1n) is 9.07. The molecule has 1 aliphatic heterocycles. The fourth-order valence-corrected chi connectivity index (χ4v) is 3.61. The number of nitrogens with zero attached hydrogens (tertiary/aromatic N) is 1. The van der Waals surface area contributed by atoms with Crippen LogP contribution in [-0.2, 0) is 24.3 Å². The number of carbonyl (C=O) groups is 1. The van der Waals surface area contributed by atoms with Gasteiger partial charge in [0.1, 0.15) is 6.54 Å². The molecular weight excluding hydrogens is 364 g/mol. The maximum Gasteiger partial charge on any atom is 0.278 e. The molecule has 2 aromatic carbocycles. The summed E-state index contributed by atoms with van der Waals surface area (Å²) in [7, 11) is 5.31. The highest BCUT2D eigenvalue weighted by Gasteiger charge is 2.24. The number of ether oxygens (including phenoxy) is 2. The Balaban J connectivity index is 1.62. The lowest BCUT2D eigenvalue weighted by atomic mass is 9.98. The van der Waals surface area contributed by atoms with Crippen molar-refractivity contribution in [3.8, 4) is 11.5 Å². The molecule has 0 fully saturated rings. The van der Waals surface area contributed by atoms with Crippen LogP contribution in [0.1, 0.15) is 16.7 Å². The Bertz CT molecular complexity index is 808. The van der Waals surface area contributed by atoms with Gasteiger partial charge < -0.3 is 19.3 Å². The number of fused-ring (bicyclic) bond motifs is 1. The summed E-state index contributed by atoms with van der Waals surface area (Å²) in [4.78, 5) is 15.9. The average molecular weight is 390 g/mol. The zero-order chi connectivity index (χ0) is 19.4. The highest BCUT2D eigenvalue weighted by Crippen LogP contribution is 2.33. The summed E-state index contributed by atoms with van der Waals surface area (Å²) in [6.07, 6.45) is 0.831. The monoisotopic (exact) mass is 389 g/mol. The van der Waals surface area contributed by atoms with Gasteiger partial charge in [-0.25, -0.2) is 0 Å². The van der Waals surface area contributed by atoms with E-state index in [0.29, 0.717) is 18.8 Å². The number of likely N-dealkylation sites (N-methyl/N-ethyl adjacent to an activating group) is 1. The Labute approximate surface area is 165 Å². The molecule has 1 unspecified atom stereocenters. The van der Waals surface area contributed by atoms with E-state index in [1.54, 1.807) is 14.2 Å². The number of hydrogen-bond acceptors (Lipinski definition) is 3. The second-order valence-corrected chi connectivity index (χ2v) is 7.41. The van der Waals surface area contributed by atoms with E-state index in [-0.39, 0.29) is 5.91 Å². The summed E-state index contributed by atoms with van der Waals surface area (Å²) in [6, 6.07) is 11.8. The lowest BCUT2D eigenvalue weighted by Gasteiger charge is -2.30. The molecule has 0 aliphatic carbocycles. The molecule has 3 rings (SSSR count). The van der Waals surface area contributed by atoms with Crippen LogP contribution in [0.3, 0.4) is 0 Å². The van der Waals surface area contributed by atoms with E-state index in [4.69, 9.17) is 21.1 Å². The summed E-state index contributed by atoms with van der Waals surface area (Å²) in [5.41, 5.74) is 3.52. The van der Waals surface area contributed by atoms with Crippen LogP contribution in [-0.4, -0.2) is 45.2 Å². The van der Waals surface area contributed by atoms with Crippen molar-refractivity contribution in [1.29, 1.82) is 0 Å². The molecule has 1 heterocycles. The van der Waals surface area contributed by atoms with Gasteiger partial charge in [0.15, 0.2) is 18.0 Å². The summed E-state index contributed by atoms with van der Waals surface area (Å²) in [5, 5.41) is 0.728. The lowest BCUT2D eigenvalue weighted by molar-refractivity contribution is -0.885.